The predicted molar refractivity (Wildman–Crippen MR) is 75.6 cm³/mol. The molecule has 4 N–H and O–H groups in total. The summed E-state index contributed by atoms with van der Waals surface area (Å²) < 4.78 is 43.3. The number of fused-ring (bicyclic) bond motifs is 1. The highest BCUT2D eigenvalue weighted by Crippen LogP contribution is 2.36. The van der Waals surface area contributed by atoms with E-state index in [0.717, 1.165) is 0 Å². The number of aliphatic hydroxyl groups excluding tert-OH is 3. The number of alkyl halides is 3. The molecule has 11 heteroatoms. The van der Waals surface area contributed by atoms with Crippen LogP contribution >= 0.6 is 12.2 Å². The van der Waals surface area contributed by atoms with Crippen molar-refractivity contribution in [3.05, 3.63) is 28.2 Å². The molecule has 0 saturated carbocycles. The summed E-state index contributed by atoms with van der Waals surface area (Å²) in [6.45, 7) is -0.510. The van der Waals surface area contributed by atoms with Crippen molar-refractivity contribution in [2.45, 2.75) is 30.6 Å². The van der Waals surface area contributed by atoms with E-state index in [1.165, 1.54) is 6.07 Å². The summed E-state index contributed by atoms with van der Waals surface area (Å²) in [4.78, 5) is 9.67. The standard InChI is InChI=1S/C13H12F3N3O4S/c14-13(15,16)7-2-17-5-1-4(12(24)19-11(5)18-7)10-9(22)8(21)6(3-20)23-10/h1-2,6,8-10,20-22H,3H2,(H,18,19,24)/t6-,8+,9?,10+/m1/s1. The lowest BCUT2D eigenvalue weighted by molar-refractivity contribution is -0.141. The molecule has 0 aliphatic carbocycles. The number of rotatable bonds is 2. The van der Waals surface area contributed by atoms with Crippen LogP contribution in [0.25, 0.3) is 11.5 Å². The number of nitrogens with one attached hydrogen (secondary N) is 1. The van der Waals surface area contributed by atoms with E-state index in [-0.39, 0.29) is 21.7 Å². The molecule has 4 atom stereocenters. The molecule has 0 radical (unpaired) electrons. The third-order valence-electron chi connectivity index (χ3n) is 3.74. The average molecular weight is 363 g/mol. The maximum absolute atomic E-state index is 12.7. The zero-order valence-corrected chi connectivity index (χ0v) is 12.7. The number of nitrogens with zero attached hydrogens (tertiary/aromatic N) is 2. The summed E-state index contributed by atoms with van der Waals surface area (Å²) >= 11 is 5.04. The summed E-state index contributed by atoms with van der Waals surface area (Å²) in [6, 6.07) is 1.34. The molecule has 3 aliphatic heterocycles. The van der Waals surface area contributed by atoms with E-state index >= 15 is 0 Å². The minimum atomic E-state index is -4.60. The van der Waals surface area contributed by atoms with E-state index in [9.17, 15) is 23.4 Å². The van der Waals surface area contributed by atoms with E-state index < -0.39 is 42.9 Å². The molecule has 1 saturated heterocycles. The number of H-pyrrole nitrogens is 1. The van der Waals surface area contributed by atoms with Gasteiger partial charge in [0.25, 0.3) is 0 Å². The Morgan fingerprint density at radius 3 is 2.58 bits per heavy atom. The van der Waals surface area contributed by atoms with Crippen LogP contribution in [-0.4, -0.2) is 55.2 Å². The van der Waals surface area contributed by atoms with Crippen molar-refractivity contribution in [1.82, 2.24) is 15.0 Å². The second kappa shape index (κ2) is 6.01. The Bertz CT molecular complexity index is 784. The Morgan fingerprint density at radius 1 is 1.29 bits per heavy atom. The van der Waals surface area contributed by atoms with Gasteiger partial charge in [0, 0.05) is 5.56 Å². The number of halogens is 3. The fourth-order valence-electron chi connectivity index (χ4n) is 2.49. The third-order valence-corrected chi connectivity index (χ3v) is 4.06. The highest BCUT2D eigenvalue weighted by Gasteiger charge is 2.44. The second-order valence-corrected chi connectivity index (χ2v) is 5.69. The van der Waals surface area contributed by atoms with Crippen molar-refractivity contribution in [3.8, 4) is 11.5 Å². The van der Waals surface area contributed by atoms with E-state index in [1.54, 1.807) is 0 Å². The maximum Gasteiger partial charge on any atom is 0.432 e. The van der Waals surface area contributed by atoms with Crippen LogP contribution in [0.15, 0.2) is 12.3 Å². The molecule has 3 rings (SSSR count). The van der Waals surface area contributed by atoms with E-state index in [4.69, 9.17) is 22.1 Å². The van der Waals surface area contributed by atoms with Gasteiger partial charge in [0.1, 0.15) is 40.4 Å². The largest absolute Gasteiger partial charge is 0.432 e. The third kappa shape index (κ3) is 2.89. The molecule has 0 aromatic carbocycles. The zero-order chi connectivity index (χ0) is 17.6. The van der Waals surface area contributed by atoms with Crippen molar-refractivity contribution in [2.75, 3.05) is 6.61 Å². The van der Waals surface area contributed by atoms with Crippen LogP contribution in [0.1, 0.15) is 17.4 Å². The van der Waals surface area contributed by atoms with Crippen molar-refractivity contribution in [3.63, 3.8) is 0 Å². The van der Waals surface area contributed by atoms with Crippen LogP contribution in [0.2, 0.25) is 0 Å². The quantitative estimate of drug-likeness (QED) is 0.584. The molecule has 130 valence electrons. The van der Waals surface area contributed by atoms with Gasteiger partial charge in [0.05, 0.1) is 12.8 Å². The van der Waals surface area contributed by atoms with Crippen LogP contribution in [0.5, 0.6) is 0 Å². The van der Waals surface area contributed by atoms with Gasteiger partial charge in [0.2, 0.25) is 0 Å². The fraction of sp³-hybridized carbons (Fsp3) is 0.462. The van der Waals surface area contributed by atoms with Crippen molar-refractivity contribution < 1.29 is 33.2 Å². The molecule has 3 heterocycles. The molecule has 3 aliphatic rings. The molecule has 7 nitrogen and oxygen atoms in total. The Morgan fingerprint density at radius 2 is 2.00 bits per heavy atom. The molecule has 0 aromatic rings. The smallest absolute Gasteiger partial charge is 0.394 e. The second-order valence-electron chi connectivity index (χ2n) is 5.30. The first-order valence-electron chi connectivity index (χ1n) is 6.82. The normalized spacial score (nSPS) is 27.8. The number of ether oxygens (including phenoxy) is 1. The number of pyridine rings is 1. The van der Waals surface area contributed by atoms with Gasteiger partial charge in [0.15, 0.2) is 5.82 Å². The van der Waals surface area contributed by atoms with Crippen LogP contribution in [0.4, 0.5) is 13.2 Å². The number of aliphatic hydroxyl groups is 3. The fourth-order valence-corrected chi connectivity index (χ4v) is 2.76. The number of hydrogen-bond donors (Lipinski definition) is 4. The average Bonchev–Trinajstić information content (AvgIpc) is 2.80. The SMILES string of the molecule is OC[C@H]1O[C@@H](c2cc3ncc(C(F)(F)F)[nH]c-3nc2=S)C(O)[C@H]1O. The van der Waals surface area contributed by atoms with Crippen LogP contribution in [0.3, 0.4) is 0 Å². The monoisotopic (exact) mass is 363 g/mol. The van der Waals surface area contributed by atoms with Crippen molar-refractivity contribution >= 4 is 12.2 Å². The first kappa shape index (κ1) is 17.2. The first-order chi connectivity index (χ1) is 11.2. The van der Waals surface area contributed by atoms with Gasteiger partial charge in [-0.15, -0.1) is 0 Å². The van der Waals surface area contributed by atoms with Gasteiger partial charge >= 0.3 is 6.18 Å². The lowest BCUT2D eigenvalue weighted by Crippen LogP contribution is -2.32. The van der Waals surface area contributed by atoms with Gasteiger partial charge in [-0.2, -0.15) is 13.2 Å². The minimum absolute atomic E-state index is 0.0874. The molecule has 1 fully saturated rings. The van der Waals surface area contributed by atoms with Gasteiger partial charge < -0.3 is 25.0 Å². The van der Waals surface area contributed by atoms with E-state index in [2.05, 4.69) is 15.0 Å². The van der Waals surface area contributed by atoms with Gasteiger partial charge in [-0.05, 0) is 6.07 Å². The molecule has 0 aromatic heterocycles. The Labute approximate surface area is 138 Å². The highest BCUT2D eigenvalue weighted by molar-refractivity contribution is 7.71. The summed E-state index contributed by atoms with van der Waals surface area (Å²) in [5.41, 5.74) is -0.789. The molecule has 24 heavy (non-hydrogen) atoms. The van der Waals surface area contributed by atoms with Gasteiger partial charge in [-0.3, -0.25) is 4.98 Å². The molecule has 0 spiro atoms. The van der Waals surface area contributed by atoms with Gasteiger partial charge in [-0.1, -0.05) is 12.2 Å². The zero-order valence-electron chi connectivity index (χ0n) is 11.9. The number of hydrogen-bond acceptors (Lipinski definition) is 7. The van der Waals surface area contributed by atoms with Crippen LogP contribution in [0, 0.1) is 4.64 Å². The number of aromatic nitrogens is 3. The van der Waals surface area contributed by atoms with Crippen molar-refractivity contribution in [1.29, 1.82) is 0 Å². The summed E-state index contributed by atoms with van der Waals surface area (Å²) in [5.74, 6) is -0.162. The lowest BCUT2D eigenvalue weighted by Gasteiger charge is -2.17. The van der Waals surface area contributed by atoms with Crippen molar-refractivity contribution in [2.24, 2.45) is 0 Å². The molecule has 0 amide bonds. The molecular formula is C13H12F3N3O4S. The Hall–Kier alpha value is -1.66. The summed E-state index contributed by atoms with van der Waals surface area (Å²) in [5, 5.41) is 28.9. The lowest BCUT2D eigenvalue weighted by atomic mass is 10.0. The highest BCUT2D eigenvalue weighted by atomic mass is 32.1. The van der Waals surface area contributed by atoms with E-state index in [0.29, 0.717) is 6.20 Å². The van der Waals surface area contributed by atoms with Crippen LogP contribution in [-0.2, 0) is 10.9 Å². The predicted octanol–water partition coefficient (Wildman–Crippen LogP) is 0.812. The topological polar surface area (TPSA) is 111 Å². The summed E-state index contributed by atoms with van der Waals surface area (Å²) in [6.07, 6.45) is -8.73. The molecular weight excluding hydrogens is 351 g/mol. The Balaban J connectivity index is 2.04. The first-order valence-corrected chi connectivity index (χ1v) is 7.23. The number of aromatic amines is 1. The summed E-state index contributed by atoms with van der Waals surface area (Å²) in [7, 11) is 0. The minimum Gasteiger partial charge on any atom is -0.394 e. The van der Waals surface area contributed by atoms with Crippen LogP contribution < -0.4 is 0 Å². The van der Waals surface area contributed by atoms with E-state index in [1.807, 2.05) is 0 Å². The van der Waals surface area contributed by atoms with Gasteiger partial charge in [-0.25, -0.2) is 4.98 Å². The Kier molecular flexibility index (Phi) is 4.30. The molecule has 1 unspecified atom stereocenters. The maximum atomic E-state index is 12.7. The molecule has 0 bridgehead atoms.